The highest BCUT2D eigenvalue weighted by Gasteiger charge is 2.33. The number of hydrogen-bond acceptors (Lipinski definition) is 3. The largest absolute Gasteiger partial charge is 0.478 e. The molecule has 0 radical (unpaired) electrons. The average molecular weight is 322 g/mol. The topological polar surface area (TPSA) is 86.7 Å². The Morgan fingerprint density at radius 1 is 1.39 bits per heavy atom. The maximum absolute atomic E-state index is 13.8. The number of carboxylic acids is 1. The molecule has 1 aliphatic heterocycles. The van der Waals surface area contributed by atoms with E-state index in [4.69, 9.17) is 5.11 Å². The zero-order valence-electron chi connectivity index (χ0n) is 12.8. The van der Waals surface area contributed by atoms with Crippen LogP contribution in [0.3, 0.4) is 0 Å². The fourth-order valence-corrected chi connectivity index (χ4v) is 2.67. The van der Waals surface area contributed by atoms with Gasteiger partial charge in [0.1, 0.15) is 11.9 Å². The van der Waals surface area contributed by atoms with Gasteiger partial charge < -0.3 is 15.3 Å². The number of carboxylic acid groups (broad SMARTS) is 1. The lowest BCUT2D eigenvalue weighted by atomic mass is 10.1. The van der Waals surface area contributed by atoms with E-state index < -0.39 is 23.7 Å². The molecule has 1 fully saturated rings. The molecule has 1 saturated heterocycles. The van der Waals surface area contributed by atoms with Crippen LogP contribution < -0.4 is 5.32 Å². The summed E-state index contributed by atoms with van der Waals surface area (Å²) in [6.45, 7) is 2.39. The molecule has 1 heterocycles. The van der Waals surface area contributed by atoms with E-state index >= 15 is 0 Å². The second kappa shape index (κ2) is 7.21. The van der Waals surface area contributed by atoms with E-state index in [1.807, 2.05) is 6.92 Å². The van der Waals surface area contributed by atoms with Gasteiger partial charge in [0.2, 0.25) is 11.8 Å². The van der Waals surface area contributed by atoms with Crippen LogP contribution in [0, 0.1) is 5.82 Å². The van der Waals surface area contributed by atoms with Crippen LogP contribution >= 0.6 is 0 Å². The molecule has 0 saturated carbocycles. The number of carbonyl (C=O) groups is 3. The molecule has 2 amide bonds. The zero-order chi connectivity index (χ0) is 17.0. The number of hydrogen-bond donors (Lipinski definition) is 2. The van der Waals surface area contributed by atoms with Gasteiger partial charge in [0, 0.05) is 13.0 Å². The Bertz CT molecular complexity index is 633. The van der Waals surface area contributed by atoms with E-state index in [1.54, 1.807) is 0 Å². The first kappa shape index (κ1) is 16.9. The van der Waals surface area contributed by atoms with Crippen LogP contribution in [0.1, 0.15) is 43.0 Å². The molecule has 0 bridgehead atoms. The number of nitrogens with zero attached hydrogens (tertiary/aromatic N) is 1. The van der Waals surface area contributed by atoms with E-state index in [0.717, 1.165) is 18.2 Å². The van der Waals surface area contributed by atoms with Crippen molar-refractivity contribution < 1.29 is 23.9 Å². The number of halogens is 1. The number of amides is 2. The quantitative estimate of drug-likeness (QED) is 0.870. The second-order valence-corrected chi connectivity index (χ2v) is 5.48. The summed E-state index contributed by atoms with van der Waals surface area (Å²) >= 11 is 0. The standard InChI is InChI=1S/C16H19FN2O4/c1-2-4-14(20)19-8-3-5-13(19)15(21)18-12-9-10(16(22)23)6-7-11(12)17/h6-7,9,13H,2-5,8H2,1H3,(H,18,21)(H,22,23). The molecule has 0 aromatic heterocycles. The van der Waals surface area contributed by atoms with Crippen molar-refractivity contribution in [2.45, 2.75) is 38.6 Å². The Kier molecular flexibility index (Phi) is 5.31. The molecule has 1 atom stereocenters. The van der Waals surface area contributed by atoms with Gasteiger partial charge in [0.05, 0.1) is 11.3 Å². The molecule has 7 heteroatoms. The van der Waals surface area contributed by atoms with Crippen LogP contribution in [0.25, 0.3) is 0 Å². The van der Waals surface area contributed by atoms with Gasteiger partial charge in [0.25, 0.3) is 0 Å². The van der Waals surface area contributed by atoms with Crippen LogP contribution in [0.2, 0.25) is 0 Å². The van der Waals surface area contributed by atoms with Crippen molar-refractivity contribution in [1.29, 1.82) is 0 Å². The van der Waals surface area contributed by atoms with E-state index in [-0.39, 0.29) is 17.2 Å². The summed E-state index contributed by atoms with van der Waals surface area (Å²) in [5, 5.41) is 11.3. The Balaban J connectivity index is 2.13. The Morgan fingerprint density at radius 3 is 2.78 bits per heavy atom. The minimum atomic E-state index is -1.21. The second-order valence-electron chi connectivity index (χ2n) is 5.48. The Morgan fingerprint density at radius 2 is 2.13 bits per heavy atom. The first-order valence-electron chi connectivity index (χ1n) is 7.57. The molecule has 124 valence electrons. The van der Waals surface area contributed by atoms with Gasteiger partial charge in [-0.3, -0.25) is 9.59 Å². The third kappa shape index (κ3) is 3.85. The van der Waals surface area contributed by atoms with Gasteiger partial charge in [-0.05, 0) is 37.5 Å². The van der Waals surface area contributed by atoms with Gasteiger partial charge in [-0.2, -0.15) is 0 Å². The highest BCUT2D eigenvalue weighted by Crippen LogP contribution is 2.22. The molecular formula is C16H19FN2O4. The molecule has 0 spiro atoms. The first-order valence-corrected chi connectivity index (χ1v) is 7.57. The summed E-state index contributed by atoms with van der Waals surface area (Å²) in [5.41, 5.74) is -0.309. The van der Waals surface area contributed by atoms with Crippen LogP contribution in [0.15, 0.2) is 18.2 Å². The number of nitrogens with one attached hydrogen (secondary N) is 1. The lowest BCUT2D eigenvalue weighted by molar-refractivity contribution is -0.136. The van der Waals surface area contributed by atoms with Crippen molar-refractivity contribution >= 4 is 23.5 Å². The summed E-state index contributed by atoms with van der Waals surface area (Å²) in [5.74, 6) is -2.51. The fraction of sp³-hybridized carbons (Fsp3) is 0.438. The van der Waals surface area contributed by atoms with Crippen molar-refractivity contribution in [3.8, 4) is 0 Å². The third-order valence-electron chi connectivity index (χ3n) is 3.81. The van der Waals surface area contributed by atoms with Crippen LogP contribution in [-0.4, -0.2) is 40.4 Å². The van der Waals surface area contributed by atoms with Crippen LogP contribution in [0.4, 0.5) is 10.1 Å². The molecule has 1 aliphatic rings. The maximum atomic E-state index is 13.8. The van der Waals surface area contributed by atoms with Crippen molar-refractivity contribution in [1.82, 2.24) is 4.90 Å². The number of rotatable bonds is 5. The van der Waals surface area contributed by atoms with Crippen molar-refractivity contribution in [2.75, 3.05) is 11.9 Å². The van der Waals surface area contributed by atoms with Gasteiger partial charge in [-0.1, -0.05) is 6.92 Å². The lowest BCUT2D eigenvalue weighted by Crippen LogP contribution is -2.43. The number of likely N-dealkylation sites (tertiary alicyclic amines) is 1. The maximum Gasteiger partial charge on any atom is 0.335 e. The Labute approximate surface area is 133 Å². The molecule has 2 rings (SSSR count). The van der Waals surface area contributed by atoms with E-state index in [2.05, 4.69) is 5.32 Å². The van der Waals surface area contributed by atoms with Crippen LogP contribution in [-0.2, 0) is 9.59 Å². The number of benzene rings is 1. The third-order valence-corrected chi connectivity index (χ3v) is 3.81. The zero-order valence-corrected chi connectivity index (χ0v) is 12.8. The van der Waals surface area contributed by atoms with Gasteiger partial charge in [-0.15, -0.1) is 0 Å². The smallest absolute Gasteiger partial charge is 0.335 e. The molecule has 1 unspecified atom stereocenters. The summed E-state index contributed by atoms with van der Waals surface area (Å²) < 4.78 is 13.8. The lowest BCUT2D eigenvalue weighted by Gasteiger charge is -2.24. The molecule has 6 nitrogen and oxygen atoms in total. The molecule has 23 heavy (non-hydrogen) atoms. The normalized spacial score (nSPS) is 17.1. The van der Waals surface area contributed by atoms with Gasteiger partial charge >= 0.3 is 5.97 Å². The molecule has 0 aliphatic carbocycles. The molecule has 1 aromatic carbocycles. The van der Waals surface area contributed by atoms with Gasteiger partial charge in [0.15, 0.2) is 0 Å². The number of carbonyl (C=O) groups excluding carboxylic acids is 2. The first-order chi connectivity index (χ1) is 10.9. The van der Waals surface area contributed by atoms with Crippen molar-refractivity contribution in [2.24, 2.45) is 0 Å². The summed E-state index contributed by atoms with van der Waals surface area (Å²) in [4.78, 5) is 36.8. The van der Waals surface area contributed by atoms with E-state index in [0.29, 0.717) is 32.2 Å². The van der Waals surface area contributed by atoms with E-state index in [9.17, 15) is 18.8 Å². The number of anilines is 1. The van der Waals surface area contributed by atoms with Crippen molar-refractivity contribution in [3.63, 3.8) is 0 Å². The number of aromatic carboxylic acids is 1. The monoisotopic (exact) mass is 322 g/mol. The van der Waals surface area contributed by atoms with Crippen molar-refractivity contribution in [3.05, 3.63) is 29.6 Å². The predicted octanol–water partition coefficient (Wildman–Crippen LogP) is 2.25. The SMILES string of the molecule is CCCC(=O)N1CCCC1C(=O)Nc1cc(C(=O)O)ccc1F. The highest BCUT2D eigenvalue weighted by atomic mass is 19.1. The van der Waals surface area contributed by atoms with Gasteiger partial charge in [-0.25, -0.2) is 9.18 Å². The minimum absolute atomic E-state index is 0.0927. The summed E-state index contributed by atoms with van der Waals surface area (Å²) in [6.07, 6.45) is 2.29. The minimum Gasteiger partial charge on any atom is -0.478 e. The molecule has 2 N–H and O–H groups in total. The highest BCUT2D eigenvalue weighted by molar-refractivity contribution is 5.98. The summed E-state index contributed by atoms with van der Waals surface area (Å²) in [7, 11) is 0. The molecule has 1 aromatic rings. The molecular weight excluding hydrogens is 303 g/mol. The predicted molar refractivity (Wildman–Crippen MR) is 81.6 cm³/mol. The summed E-state index contributed by atoms with van der Waals surface area (Å²) in [6, 6.07) is 2.55. The Hall–Kier alpha value is -2.44. The fourth-order valence-electron chi connectivity index (χ4n) is 2.67. The average Bonchev–Trinajstić information content (AvgIpc) is 2.99. The van der Waals surface area contributed by atoms with Crippen LogP contribution in [0.5, 0.6) is 0 Å². The van der Waals surface area contributed by atoms with E-state index in [1.165, 1.54) is 4.90 Å².